The maximum absolute atomic E-state index is 9.57. The highest BCUT2D eigenvalue weighted by atomic mass is 32.2. The Labute approximate surface area is 163 Å². The second-order valence-corrected chi connectivity index (χ2v) is 7.74. The van der Waals surface area contributed by atoms with Crippen molar-refractivity contribution in [1.29, 1.82) is 0 Å². The summed E-state index contributed by atoms with van der Waals surface area (Å²) in [5.74, 6) is 1.53. The van der Waals surface area contributed by atoms with Crippen molar-refractivity contribution in [3.8, 4) is 11.5 Å². The summed E-state index contributed by atoms with van der Waals surface area (Å²) in [6.45, 7) is 4.42. The van der Waals surface area contributed by atoms with E-state index in [1.807, 2.05) is 18.7 Å². The number of hydrogen-bond donors (Lipinski definition) is 1. The summed E-state index contributed by atoms with van der Waals surface area (Å²) in [7, 11) is 1.95. The Morgan fingerprint density at radius 1 is 1.22 bits per heavy atom. The molecule has 0 unspecified atom stereocenters. The maximum atomic E-state index is 9.57. The van der Waals surface area contributed by atoms with Gasteiger partial charge < -0.3 is 9.52 Å². The van der Waals surface area contributed by atoms with Crippen LogP contribution in [-0.4, -0.2) is 37.6 Å². The molecule has 1 N–H and O–H groups in total. The first-order valence-corrected chi connectivity index (χ1v) is 10.3. The number of aromatic nitrogens is 3. The first-order valence-electron chi connectivity index (χ1n) is 9.06. The van der Waals surface area contributed by atoms with Crippen LogP contribution in [0.4, 0.5) is 0 Å². The van der Waals surface area contributed by atoms with E-state index < -0.39 is 0 Å². The Morgan fingerprint density at radius 2 is 2.00 bits per heavy atom. The third-order valence-corrected chi connectivity index (χ3v) is 5.90. The number of benzene rings is 1. The third kappa shape index (κ3) is 3.54. The van der Waals surface area contributed by atoms with E-state index in [2.05, 4.69) is 40.5 Å². The van der Waals surface area contributed by atoms with E-state index in [-0.39, 0.29) is 6.61 Å². The third-order valence-electron chi connectivity index (χ3n) is 5.16. The van der Waals surface area contributed by atoms with Gasteiger partial charge in [-0.3, -0.25) is 9.58 Å². The predicted molar refractivity (Wildman–Crippen MR) is 105 cm³/mol. The van der Waals surface area contributed by atoms with Gasteiger partial charge in [0.15, 0.2) is 0 Å². The van der Waals surface area contributed by atoms with Gasteiger partial charge >= 0.3 is 0 Å². The van der Waals surface area contributed by atoms with Gasteiger partial charge in [-0.1, -0.05) is 0 Å². The van der Waals surface area contributed by atoms with Gasteiger partial charge in [0.1, 0.15) is 5.76 Å². The van der Waals surface area contributed by atoms with Crippen LogP contribution in [0.25, 0.3) is 11.5 Å². The molecule has 0 saturated heterocycles. The minimum absolute atomic E-state index is 0.0177. The zero-order chi connectivity index (χ0) is 19.0. The number of hydrogen-bond acceptors (Lipinski definition) is 6. The maximum Gasteiger partial charge on any atom is 0.226 e. The standard InChI is InChI=1S/C20H24N4O2S/c1-13-17(21-20(26-13)14-4-6-15(27-3)7-5-14)11-24-9-8-19-16(10-24)18(12-25)22-23(19)2/h4-7,25H,8-12H2,1-3H3. The van der Waals surface area contributed by atoms with E-state index in [1.165, 1.54) is 10.6 Å². The molecule has 0 fully saturated rings. The molecule has 0 saturated carbocycles. The number of nitrogens with zero attached hydrogens (tertiary/aromatic N) is 4. The average molecular weight is 385 g/mol. The highest BCUT2D eigenvalue weighted by Gasteiger charge is 2.25. The lowest BCUT2D eigenvalue weighted by molar-refractivity contribution is 0.233. The van der Waals surface area contributed by atoms with Gasteiger partial charge in [-0.2, -0.15) is 5.10 Å². The summed E-state index contributed by atoms with van der Waals surface area (Å²) in [5.41, 5.74) is 5.13. The van der Waals surface area contributed by atoms with Gasteiger partial charge in [0, 0.05) is 54.8 Å². The van der Waals surface area contributed by atoms with E-state index in [1.54, 1.807) is 11.8 Å². The van der Waals surface area contributed by atoms with Gasteiger partial charge in [0.2, 0.25) is 5.89 Å². The Hall–Kier alpha value is -2.09. The van der Waals surface area contributed by atoms with Gasteiger partial charge in [-0.05, 0) is 37.4 Å². The van der Waals surface area contributed by atoms with Crippen molar-refractivity contribution in [1.82, 2.24) is 19.7 Å². The fraction of sp³-hybridized carbons (Fsp3) is 0.400. The number of aryl methyl sites for hydroxylation is 2. The fourth-order valence-electron chi connectivity index (χ4n) is 3.63. The zero-order valence-corrected chi connectivity index (χ0v) is 16.7. The molecule has 3 heterocycles. The van der Waals surface area contributed by atoms with E-state index in [9.17, 15) is 5.11 Å². The lowest BCUT2D eigenvalue weighted by atomic mass is 10.0. The highest BCUT2D eigenvalue weighted by molar-refractivity contribution is 7.98. The van der Waals surface area contributed by atoms with Crippen molar-refractivity contribution in [2.24, 2.45) is 7.05 Å². The summed E-state index contributed by atoms with van der Waals surface area (Å²) in [6, 6.07) is 8.28. The summed E-state index contributed by atoms with van der Waals surface area (Å²) >= 11 is 1.72. The highest BCUT2D eigenvalue weighted by Crippen LogP contribution is 2.27. The molecule has 142 valence electrons. The van der Waals surface area contributed by atoms with Crippen LogP contribution in [0.1, 0.15) is 28.4 Å². The first kappa shape index (κ1) is 18.3. The zero-order valence-electron chi connectivity index (χ0n) is 15.9. The quantitative estimate of drug-likeness (QED) is 0.682. The van der Waals surface area contributed by atoms with Crippen molar-refractivity contribution in [2.45, 2.75) is 37.9 Å². The Balaban J connectivity index is 1.52. The fourth-order valence-corrected chi connectivity index (χ4v) is 4.04. The van der Waals surface area contributed by atoms with Crippen LogP contribution in [0.2, 0.25) is 0 Å². The second kappa shape index (κ2) is 7.50. The Morgan fingerprint density at radius 3 is 2.70 bits per heavy atom. The minimum atomic E-state index is -0.0177. The van der Waals surface area contributed by atoms with Crippen LogP contribution in [-0.2, 0) is 33.2 Å². The largest absolute Gasteiger partial charge is 0.441 e. The SMILES string of the molecule is CSc1ccc(-c2nc(CN3CCc4c(c(CO)nn4C)C3)c(C)o2)cc1. The molecule has 0 aliphatic carbocycles. The lowest BCUT2D eigenvalue weighted by Gasteiger charge is -2.26. The number of fused-ring (bicyclic) bond motifs is 1. The number of aliphatic hydroxyl groups excluding tert-OH is 1. The first-order chi connectivity index (χ1) is 13.1. The number of oxazole rings is 1. The Kier molecular flexibility index (Phi) is 5.08. The van der Waals surface area contributed by atoms with Crippen molar-refractivity contribution >= 4 is 11.8 Å². The molecule has 0 atom stereocenters. The van der Waals surface area contributed by atoms with Gasteiger partial charge in [0.25, 0.3) is 0 Å². The van der Waals surface area contributed by atoms with Crippen molar-refractivity contribution in [3.05, 3.63) is 52.7 Å². The molecule has 1 aliphatic rings. The van der Waals surface area contributed by atoms with Gasteiger partial charge in [-0.25, -0.2) is 4.98 Å². The number of thioether (sulfide) groups is 1. The van der Waals surface area contributed by atoms with E-state index in [0.29, 0.717) is 5.89 Å². The summed E-state index contributed by atoms with van der Waals surface area (Å²) < 4.78 is 7.83. The monoisotopic (exact) mass is 384 g/mol. The van der Waals surface area contributed by atoms with E-state index >= 15 is 0 Å². The van der Waals surface area contributed by atoms with Crippen molar-refractivity contribution < 1.29 is 9.52 Å². The molecule has 3 aromatic rings. The molecule has 0 radical (unpaired) electrons. The predicted octanol–water partition coefficient (Wildman–Crippen LogP) is 3.16. The number of aliphatic hydroxyl groups is 1. The van der Waals surface area contributed by atoms with Gasteiger partial charge in [-0.15, -0.1) is 11.8 Å². The molecule has 1 aliphatic heterocycles. The lowest BCUT2D eigenvalue weighted by Crippen LogP contribution is -2.31. The van der Waals surface area contributed by atoms with Crippen LogP contribution in [0.5, 0.6) is 0 Å². The number of rotatable bonds is 5. The van der Waals surface area contributed by atoms with E-state index in [0.717, 1.165) is 54.3 Å². The normalized spacial score (nSPS) is 14.5. The van der Waals surface area contributed by atoms with Crippen molar-refractivity contribution in [2.75, 3.05) is 12.8 Å². The summed E-state index contributed by atoms with van der Waals surface area (Å²) in [4.78, 5) is 8.31. The molecule has 2 aromatic heterocycles. The average Bonchev–Trinajstić information content (AvgIpc) is 3.21. The summed E-state index contributed by atoms with van der Waals surface area (Å²) in [6.07, 6.45) is 3.00. The molecular weight excluding hydrogens is 360 g/mol. The molecule has 0 amide bonds. The molecular formula is C20H24N4O2S. The second-order valence-electron chi connectivity index (χ2n) is 6.86. The molecule has 4 rings (SSSR count). The molecule has 6 nitrogen and oxygen atoms in total. The topological polar surface area (TPSA) is 67.3 Å². The van der Waals surface area contributed by atoms with Crippen LogP contribution < -0.4 is 0 Å². The van der Waals surface area contributed by atoms with E-state index in [4.69, 9.17) is 9.40 Å². The smallest absolute Gasteiger partial charge is 0.226 e. The van der Waals surface area contributed by atoms with Crippen LogP contribution in [0.3, 0.4) is 0 Å². The van der Waals surface area contributed by atoms with Gasteiger partial charge in [0.05, 0.1) is 18.0 Å². The molecule has 1 aromatic carbocycles. The molecule has 7 heteroatoms. The summed E-state index contributed by atoms with van der Waals surface area (Å²) in [5, 5.41) is 14.0. The van der Waals surface area contributed by atoms with Crippen LogP contribution in [0, 0.1) is 6.92 Å². The van der Waals surface area contributed by atoms with Crippen molar-refractivity contribution in [3.63, 3.8) is 0 Å². The molecule has 0 bridgehead atoms. The van der Waals surface area contributed by atoms with Crippen LogP contribution >= 0.6 is 11.8 Å². The molecule has 27 heavy (non-hydrogen) atoms. The van der Waals surface area contributed by atoms with Crippen LogP contribution in [0.15, 0.2) is 33.6 Å². The molecule has 0 spiro atoms. The minimum Gasteiger partial charge on any atom is -0.441 e. The Bertz CT molecular complexity index is 946.